The van der Waals surface area contributed by atoms with Crippen LogP contribution in [-0.4, -0.2) is 4.57 Å². The Bertz CT molecular complexity index is 2340. The maximum Gasteiger partial charge on any atom is 0.135 e. The molecule has 0 fully saturated rings. The smallest absolute Gasteiger partial charge is 0.135 e. The number of furan rings is 1. The number of aromatic nitrogens is 1. The summed E-state index contributed by atoms with van der Waals surface area (Å²) in [6.45, 7) is 0. The maximum absolute atomic E-state index is 6.19. The van der Waals surface area contributed by atoms with Crippen LogP contribution in [0.2, 0.25) is 0 Å². The molecule has 1 atom stereocenters. The van der Waals surface area contributed by atoms with Gasteiger partial charge in [-0.3, -0.25) is 0 Å². The summed E-state index contributed by atoms with van der Waals surface area (Å²) < 4.78 is 11.5. The van der Waals surface area contributed by atoms with E-state index in [9.17, 15) is 0 Å². The molecule has 3 heterocycles. The zero-order valence-corrected chi connectivity index (χ0v) is 22.6. The van der Waals surface area contributed by atoms with Crippen molar-refractivity contribution < 1.29 is 4.42 Å². The highest BCUT2D eigenvalue weighted by Gasteiger charge is 2.22. The number of para-hydroxylation sites is 2. The Balaban J connectivity index is 1.20. The van der Waals surface area contributed by atoms with E-state index >= 15 is 0 Å². The highest BCUT2D eigenvalue weighted by molar-refractivity contribution is 7.26. The lowest BCUT2D eigenvalue weighted by molar-refractivity contribution is 0.651. The fourth-order valence-corrected chi connectivity index (χ4v) is 8.10. The predicted molar refractivity (Wildman–Crippen MR) is 171 cm³/mol. The molecule has 3 aromatic heterocycles. The molecule has 0 saturated carbocycles. The molecule has 0 N–H and O–H groups in total. The second-order valence-electron chi connectivity index (χ2n) is 10.9. The predicted octanol–water partition coefficient (Wildman–Crippen LogP) is 10.7. The summed E-state index contributed by atoms with van der Waals surface area (Å²) in [7, 11) is 0. The molecule has 0 aliphatic heterocycles. The van der Waals surface area contributed by atoms with Crippen molar-refractivity contribution in [2.75, 3.05) is 0 Å². The molecule has 0 amide bonds. The van der Waals surface area contributed by atoms with Crippen molar-refractivity contribution in [2.45, 2.75) is 12.8 Å². The quantitative estimate of drug-likeness (QED) is 0.222. The van der Waals surface area contributed by atoms with Gasteiger partial charge >= 0.3 is 0 Å². The Morgan fingerprint density at radius 2 is 1.48 bits per heavy atom. The number of thiophene rings is 1. The van der Waals surface area contributed by atoms with Crippen molar-refractivity contribution >= 4 is 81.0 Å². The summed E-state index contributed by atoms with van der Waals surface area (Å²) in [6, 6.07) is 37.2. The average Bonchev–Trinajstić information content (AvgIpc) is 3.67. The zero-order chi connectivity index (χ0) is 26.2. The third-order valence-electron chi connectivity index (χ3n) is 8.58. The van der Waals surface area contributed by atoms with Gasteiger partial charge in [0.15, 0.2) is 0 Å². The topological polar surface area (TPSA) is 18.1 Å². The second kappa shape index (κ2) is 8.45. The summed E-state index contributed by atoms with van der Waals surface area (Å²) in [6.07, 6.45) is 8.93. The van der Waals surface area contributed by atoms with Gasteiger partial charge in [-0.1, -0.05) is 91.0 Å². The minimum absolute atomic E-state index is 0.400. The number of allylic oxidation sites excluding steroid dienone is 4. The van der Waals surface area contributed by atoms with E-state index in [-0.39, 0.29) is 0 Å². The summed E-state index contributed by atoms with van der Waals surface area (Å²) in [5, 5.41) is 7.80. The summed E-state index contributed by atoms with van der Waals surface area (Å²) in [5.41, 5.74) is 7.26. The minimum atomic E-state index is 0.400. The van der Waals surface area contributed by atoms with E-state index in [4.69, 9.17) is 4.42 Å². The zero-order valence-electron chi connectivity index (χ0n) is 21.8. The van der Waals surface area contributed by atoms with Gasteiger partial charge in [-0.25, -0.2) is 0 Å². The van der Waals surface area contributed by atoms with Crippen molar-refractivity contribution in [2.24, 2.45) is 5.92 Å². The lowest BCUT2D eigenvalue weighted by Crippen LogP contribution is -2.09. The standard InChI is InChI=1S/C37H25NOS/c1-4-15-31-26(12-1)28-19-20-29-27-13-3-6-18-34(27)40-37(29)36(28)38(31)25-11-7-9-23(22-25)21-24-10-8-17-33-35(24)30-14-2-5-16-32(30)39-33/h1-20,23H,21-22H2. The molecule has 8 aromatic rings. The van der Waals surface area contributed by atoms with Crippen molar-refractivity contribution in [1.82, 2.24) is 4.57 Å². The largest absolute Gasteiger partial charge is 0.456 e. The Morgan fingerprint density at radius 1 is 0.700 bits per heavy atom. The van der Waals surface area contributed by atoms with Crippen LogP contribution in [0.15, 0.2) is 126 Å². The molecule has 2 nitrogen and oxygen atoms in total. The third-order valence-corrected chi connectivity index (χ3v) is 9.77. The van der Waals surface area contributed by atoms with Crippen LogP contribution in [0.3, 0.4) is 0 Å². The molecule has 1 unspecified atom stereocenters. The molecule has 190 valence electrons. The first-order valence-corrected chi connectivity index (χ1v) is 14.8. The molecule has 3 heteroatoms. The number of nitrogens with zero attached hydrogens (tertiary/aromatic N) is 1. The molecule has 0 spiro atoms. The molecule has 40 heavy (non-hydrogen) atoms. The van der Waals surface area contributed by atoms with E-state index < -0.39 is 0 Å². The van der Waals surface area contributed by atoms with Crippen LogP contribution in [0.4, 0.5) is 0 Å². The molecule has 0 saturated heterocycles. The highest BCUT2D eigenvalue weighted by Crippen LogP contribution is 2.44. The number of rotatable bonds is 3. The van der Waals surface area contributed by atoms with Gasteiger partial charge in [0.1, 0.15) is 11.2 Å². The number of benzene rings is 5. The highest BCUT2D eigenvalue weighted by atomic mass is 32.1. The Labute approximate surface area is 235 Å². The van der Waals surface area contributed by atoms with E-state index in [1.165, 1.54) is 64.0 Å². The van der Waals surface area contributed by atoms with E-state index in [0.29, 0.717) is 5.92 Å². The Kier molecular flexibility index (Phi) is 4.70. The van der Waals surface area contributed by atoms with E-state index in [1.807, 2.05) is 17.4 Å². The first-order chi connectivity index (χ1) is 19.8. The van der Waals surface area contributed by atoms with Crippen LogP contribution in [0, 0.1) is 5.92 Å². The summed E-state index contributed by atoms with van der Waals surface area (Å²) in [5.74, 6) is 0.400. The van der Waals surface area contributed by atoms with Crippen LogP contribution >= 0.6 is 11.3 Å². The van der Waals surface area contributed by atoms with Gasteiger partial charge in [-0.15, -0.1) is 11.3 Å². The first-order valence-electron chi connectivity index (χ1n) is 13.9. The van der Waals surface area contributed by atoms with Crippen LogP contribution < -0.4 is 0 Å². The van der Waals surface area contributed by atoms with Gasteiger partial charge in [-0.05, 0) is 54.7 Å². The van der Waals surface area contributed by atoms with E-state index in [1.54, 1.807) is 0 Å². The van der Waals surface area contributed by atoms with Gasteiger partial charge in [0.05, 0.1) is 15.7 Å². The number of hydrogen-bond donors (Lipinski definition) is 0. The molecule has 1 aliphatic rings. The van der Waals surface area contributed by atoms with Crippen LogP contribution in [0.25, 0.3) is 69.6 Å². The van der Waals surface area contributed by atoms with Gasteiger partial charge < -0.3 is 8.98 Å². The first kappa shape index (κ1) is 22.2. The van der Waals surface area contributed by atoms with Gasteiger partial charge in [0.2, 0.25) is 0 Å². The Hall–Kier alpha value is -4.60. The monoisotopic (exact) mass is 531 g/mol. The van der Waals surface area contributed by atoms with Crippen LogP contribution in [0.5, 0.6) is 0 Å². The van der Waals surface area contributed by atoms with Gasteiger partial charge in [0.25, 0.3) is 0 Å². The third kappa shape index (κ3) is 3.16. The molecular weight excluding hydrogens is 506 g/mol. The van der Waals surface area contributed by atoms with Gasteiger partial charge in [0, 0.05) is 42.7 Å². The summed E-state index contributed by atoms with van der Waals surface area (Å²) in [4.78, 5) is 0. The molecular formula is C37H25NOS. The normalized spacial score (nSPS) is 15.8. The average molecular weight is 532 g/mol. The number of fused-ring (bicyclic) bond motifs is 10. The summed E-state index contributed by atoms with van der Waals surface area (Å²) >= 11 is 1.91. The minimum Gasteiger partial charge on any atom is -0.456 e. The SMILES string of the molecule is C1=CC(Cc2cccc3oc4ccccc4c23)CC(n2c3ccccc3c3ccc4c5ccccc5sc4c32)=C1. The number of hydrogen-bond acceptors (Lipinski definition) is 2. The fraction of sp³-hybridized carbons (Fsp3) is 0.0811. The molecule has 0 radical (unpaired) electrons. The van der Waals surface area contributed by atoms with Gasteiger partial charge in [-0.2, -0.15) is 0 Å². The second-order valence-corrected chi connectivity index (χ2v) is 11.9. The molecule has 0 bridgehead atoms. The molecule has 5 aromatic carbocycles. The van der Waals surface area contributed by atoms with Crippen LogP contribution in [0.1, 0.15) is 12.0 Å². The Morgan fingerprint density at radius 3 is 2.42 bits per heavy atom. The van der Waals surface area contributed by atoms with Crippen molar-refractivity contribution in [3.63, 3.8) is 0 Å². The van der Waals surface area contributed by atoms with E-state index in [2.05, 4.69) is 120 Å². The van der Waals surface area contributed by atoms with Crippen LogP contribution in [-0.2, 0) is 6.42 Å². The van der Waals surface area contributed by atoms with Crippen molar-refractivity contribution in [1.29, 1.82) is 0 Å². The fourth-order valence-electron chi connectivity index (χ4n) is 6.86. The molecule has 9 rings (SSSR count). The maximum atomic E-state index is 6.19. The van der Waals surface area contributed by atoms with E-state index in [0.717, 1.165) is 24.0 Å². The van der Waals surface area contributed by atoms with Crippen molar-refractivity contribution in [3.05, 3.63) is 127 Å². The lowest BCUT2D eigenvalue weighted by atomic mass is 9.89. The molecule has 1 aliphatic carbocycles. The lowest BCUT2D eigenvalue weighted by Gasteiger charge is -2.21. The van der Waals surface area contributed by atoms with Crippen molar-refractivity contribution in [3.8, 4) is 0 Å².